The van der Waals surface area contributed by atoms with Crippen molar-refractivity contribution < 1.29 is 35.9 Å². The van der Waals surface area contributed by atoms with Gasteiger partial charge in [-0.05, 0) is 97.9 Å². The van der Waals surface area contributed by atoms with E-state index in [-0.39, 0.29) is 37.9 Å². The van der Waals surface area contributed by atoms with Gasteiger partial charge in [-0.25, -0.2) is 16.8 Å². The van der Waals surface area contributed by atoms with Gasteiger partial charge in [0.25, 0.3) is 0 Å². The van der Waals surface area contributed by atoms with Gasteiger partial charge in [-0.3, -0.25) is 9.59 Å². The van der Waals surface area contributed by atoms with E-state index in [0.717, 1.165) is 0 Å². The molecule has 2 amide bonds. The van der Waals surface area contributed by atoms with Crippen LogP contribution in [0.4, 0.5) is 11.4 Å². The summed E-state index contributed by atoms with van der Waals surface area (Å²) in [5, 5.41) is 5.15. The fourth-order valence-electron chi connectivity index (χ4n) is 3.70. The number of anilines is 2. The lowest BCUT2D eigenvalue weighted by Crippen LogP contribution is -2.32. The Bertz CT molecular complexity index is 1830. The molecule has 0 aromatic heterocycles. The van der Waals surface area contributed by atoms with Crippen LogP contribution in [0.2, 0.25) is 0 Å². The normalized spacial score (nSPS) is 11.8. The quantitative estimate of drug-likeness (QED) is 0.197. The van der Waals surface area contributed by atoms with E-state index in [2.05, 4.69) is 10.6 Å². The largest absolute Gasteiger partial charge is 0.497 e. The summed E-state index contributed by atoms with van der Waals surface area (Å²) in [5.41, 5.74) is 11.6. The second kappa shape index (κ2) is 15.3. The predicted octanol–water partition coefficient (Wildman–Crippen LogP) is 3.24. The van der Waals surface area contributed by atoms with Crippen molar-refractivity contribution in [2.75, 3.05) is 31.4 Å². The Morgan fingerprint density at radius 2 is 1.11 bits per heavy atom. The number of amides is 2. The third kappa shape index (κ3) is 9.12. The SMILES string of the molecule is COc1ccc(S(=O)(=O)c2ccc(NC(=O)CN)cc2)cc1.COc1cccc(S(=O)(=O)c2ccc(NC(=O)C(C)N)cc2)c1. The molecule has 0 radical (unpaired) electrons. The maximum Gasteiger partial charge on any atom is 0.240 e. The molecule has 4 rings (SSSR count). The molecule has 4 aromatic carbocycles. The van der Waals surface area contributed by atoms with Gasteiger partial charge >= 0.3 is 0 Å². The number of hydrogen-bond acceptors (Lipinski definition) is 10. The molecule has 6 N–H and O–H groups in total. The number of nitrogens with two attached hydrogens (primary N) is 2. The Balaban J connectivity index is 0.000000246. The van der Waals surface area contributed by atoms with E-state index in [1.54, 1.807) is 31.2 Å². The second-order valence-corrected chi connectivity index (χ2v) is 13.3. The number of hydrogen-bond donors (Lipinski definition) is 4. The van der Waals surface area contributed by atoms with Crippen molar-refractivity contribution in [2.45, 2.75) is 32.5 Å². The smallest absolute Gasteiger partial charge is 0.240 e. The molecule has 0 aliphatic heterocycles. The molecule has 1 atom stereocenters. The van der Waals surface area contributed by atoms with Crippen molar-refractivity contribution >= 4 is 42.9 Å². The molecule has 0 spiro atoms. The van der Waals surface area contributed by atoms with Crippen LogP contribution in [0.25, 0.3) is 0 Å². The Labute approximate surface area is 262 Å². The highest BCUT2D eigenvalue weighted by molar-refractivity contribution is 7.91. The van der Waals surface area contributed by atoms with Crippen molar-refractivity contribution in [3.05, 3.63) is 97.1 Å². The molecule has 1 unspecified atom stereocenters. The number of ether oxygens (including phenoxy) is 2. The number of rotatable bonds is 10. The van der Waals surface area contributed by atoms with Crippen LogP contribution in [0.1, 0.15) is 6.92 Å². The molecule has 0 saturated carbocycles. The van der Waals surface area contributed by atoms with Crippen molar-refractivity contribution in [1.82, 2.24) is 0 Å². The van der Waals surface area contributed by atoms with Crippen LogP contribution in [-0.2, 0) is 29.3 Å². The molecule has 14 heteroatoms. The minimum atomic E-state index is -3.65. The summed E-state index contributed by atoms with van der Waals surface area (Å²) < 4.78 is 60.2. The van der Waals surface area contributed by atoms with Crippen LogP contribution in [0.15, 0.2) is 117 Å². The van der Waals surface area contributed by atoms with Crippen LogP contribution in [0, 0.1) is 0 Å². The number of carbonyl (C=O) groups excluding carboxylic acids is 2. The summed E-state index contributed by atoms with van der Waals surface area (Å²) in [6.45, 7) is 1.43. The van der Waals surface area contributed by atoms with Crippen molar-refractivity contribution in [2.24, 2.45) is 11.5 Å². The molecule has 0 aliphatic carbocycles. The third-order valence-electron chi connectivity index (χ3n) is 6.20. The van der Waals surface area contributed by atoms with E-state index in [4.69, 9.17) is 20.9 Å². The molecule has 0 fully saturated rings. The highest BCUT2D eigenvalue weighted by Crippen LogP contribution is 2.26. The average Bonchev–Trinajstić information content (AvgIpc) is 3.05. The van der Waals surface area contributed by atoms with Gasteiger partial charge in [-0.15, -0.1) is 0 Å². The summed E-state index contributed by atoms with van der Waals surface area (Å²) in [5.74, 6) is 0.366. The van der Waals surface area contributed by atoms with Gasteiger partial charge in [0.1, 0.15) is 11.5 Å². The maximum absolute atomic E-state index is 12.6. The number of methoxy groups -OCH3 is 2. The van der Waals surface area contributed by atoms with E-state index in [9.17, 15) is 26.4 Å². The lowest BCUT2D eigenvalue weighted by Gasteiger charge is -2.09. The minimum Gasteiger partial charge on any atom is -0.497 e. The molecule has 45 heavy (non-hydrogen) atoms. The molecule has 0 saturated heterocycles. The highest BCUT2D eigenvalue weighted by atomic mass is 32.2. The molecule has 0 bridgehead atoms. The first kappa shape index (κ1) is 34.7. The van der Waals surface area contributed by atoms with Gasteiger partial charge in [-0.1, -0.05) is 6.07 Å². The van der Waals surface area contributed by atoms with Crippen LogP contribution >= 0.6 is 0 Å². The van der Waals surface area contributed by atoms with Gasteiger partial charge in [0.15, 0.2) is 0 Å². The molecule has 0 heterocycles. The molecule has 12 nitrogen and oxygen atoms in total. The van der Waals surface area contributed by atoms with E-state index >= 15 is 0 Å². The molecular formula is C31H34N4O8S2. The van der Waals surface area contributed by atoms with E-state index in [1.807, 2.05) is 0 Å². The van der Waals surface area contributed by atoms with Crippen LogP contribution in [0.3, 0.4) is 0 Å². The van der Waals surface area contributed by atoms with Crippen molar-refractivity contribution in [3.8, 4) is 11.5 Å². The van der Waals surface area contributed by atoms with Crippen LogP contribution in [0.5, 0.6) is 11.5 Å². The summed E-state index contributed by atoms with van der Waals surface area (Å²) in [4.78, 5) is 23.3. The fraction of sp³-hybridized carbons (Fsp3) is 0.161. The molecule has 4 aromatic rings. The summed E-state index contributed by atoms with van der Waals surface area (Å²) in [6, 6.07) is 23.6. The second-order valence-electron chi connectivity index (χ2n) is 9.44. The third-order valence-corrected chi connectivity index (χ3v) is 9.75. The highest BCUT2D eigenvalue weighted by Gasteiger charge is 2.19. The van der Waals surface area contributed by atoms with E-state index in [1.165, 1.54) is 87.0 Å². The summed E-state index contributed by atoms with van der Waals surface area (Å²) in [7, 11) is -4.27. The zero-order chi connectivity index (χ0) is 33.2. The molecular weight excluding hydrogens is 620 g/mol. The zero-order valence-electron chi connectivity index (χ0n) is 24.8. The molecule has 238 valence electrons. The topological polar surface area (TPSA) is 197 Å². The van der Waals surface area contributed by atoms with Crippen molar-refractivity contribution in [3.63, 3.8) is 0 Å². The monoisotopic (exact) mass is 654 g/mol. The standard InChI is InChI=1S/C16H18N2O4S.C15H16N2O4S/c1-11(17)16(19)18-12-6-8-14(9-7-12)23(20,21)15-5-3-4-13(10-15)22-2;1-21-12-4-8-14(9-5-12)22(19,20)13-6-2-11(3-7-13)17-15(18)10-16/h3-11H,17H2,1-2H3,(H,18,19);2-9H,10,16H2,1H3,(H,17,18). The summed E-state index contributed by atoms with van der Waals surface area (Å²) in [6.07, 6.45) is 0. The number of benzene rings is 4. The number of sulfone groups is 2. The zero-order valence-corrected chi connectivity index (χ0v) is 26.4. The van der Waals surface area contributed by atoms with E-state index < -0.39 is 25.7 Å². The first-order valence-corrected chi connectivity index (χ1v) is 16.3. The van der Waals surface area contributed by atoms with Gasteiger partial charge < -0.3 is 31.6 Å². The predicted molar refractivity (Wildman–Crippen MR) is 170 cm³/mol. The fourth-order valence-corrected chi connectivity index (χ4v) is 6.25. The van der Waals surface area contributed by atoms with Gasteiger partial charge in [0.2, 0.25) is 31.5 Å². The number of carbonyl (C=O) groups is 2. The molecule has 0 aliphatic rings. The van der Waals surface area contributed by atoms with E-state index in [0.29, 0.717) is 22.9 Å². The Morgan fingerprint density at radius 3 is 1.56 bits per heavy atom. The maximum atomic E-state index is 12.6. The minimum absolute atomic E-state index is 0.129. The Morgan fingerprint density at radius 1 is 0.667 bits per heavy atom. The average molecular weight is 655 g/mol. The Kier molecular flexibility index (Phi) is 11.8. The lowest BCUT2D eigenvalue weighted by molar-refractivity contribution is -0.117. The van der Waals surface area contributed by atoms with Gasteiger partial charge in [0.05, 0.1) is 46.4 Å². The summed E-state index contributed by atoms with van der Waals surface area (Å²) >= 11 is 0. The first-order valence-electron chi connectivity index (χ1n) is 13.4. The lowest BCUT2D eigenvalue weighted by atomic mass is 10.3. The Hall–Kier alpha value is -4.76. The van der Waals surface area contributed by atoms with Gasteiger partial charge in [-0.2, -0.15) is 0 Å². The first-order chi connectivity index (χ1) is 21.3. The van der Waals surface area contributed by atoms with Gasteiger partial charge in [0, 0.05) is 11.4 Å². The van der Waals surface area contributed by atoms with Crippen LogP contribution in [-0.4, -0.2) is 55.5 Å². The van der Waals surface area contributed by atoms with Crippen molar-refractivity contribution in [1.29, 1.82) is 0 Å². The van der Waals surface area contributed by atoms with Crippen LogP contribution < -0.4 is 31.6 Å². The number of nitrogens with one attached hydrogen (secondary N) is 2.